The van der Waals surface area contributed by atoms with E-state index in [-0.39, 0.29) is 5.75 Å². The molecule has 0 radical (unpaired) electrons. The molecule has 0 saturated carbocycles. The molecule has 0 bridgehead atoms. The number of carbonyl (C=O) groups is 1. The number of benzene rings is 1. The van der Waals surface area contributed by atoms with Gasteiger partial charge in [-0.25, -0.2) is 0 Å². The van der Waals surface area contributed by atoms with E-state index in [4.69, 9.17) is 9.29 Å². The van der Waals surface area contributed by atoms with Gasteiger partial charge in [-0.1, -0.05) is 6.92 Å². The van der Waals surface area contributed by atoms with Crippen molar-refractivity contribution in [2.24, 2.45) is 5.41 Å². The molecule has 0 heterocycles. The minimum absolute atomic E-state index is 0.376. The lowest BCUT2D eigenvalue weighted by Gasteiger charge is -2.19. The average Bonchev–Trinajstić information content (AvgIpc) is 2.37. The Balaban J connectivity index is 3.26. The van der Waals surface area contributed by atoms with Crippen molar-refractivity contribution in [2.45, 2.75) is 32.1 Å². The Kier molecular flexibility index (Phi) is 4.69. The predicted octanol–water partition coefficient (Wildman–Crippen LogP) is 2.18. The van der Waals surface area contributed by atoms with Crippen LogP contribution in [0.15, 0.2) is 23.1 Å². The molecule has 1 rings (SSSR count). The summed E-state index contributed by atoms with van der Waals surface area (Å²) in [7, 11) is -4.58. The summed E-state index contributed by atoms with van der Waals surface area (Å²) in [5.74, 6) is -1.05. The molecule has 1 N–H and O–H groups in total. The van der Waals surface area contributed by atoms with E-state index in [0.29, 0.717) is 12.5 Å². The lowest BCUT2D eigenvalue weighted by Crippen LogP contribution is -2.28. The summed E-state index contributed by atoms with van der Waals surface area (Å²) in [4.78, 5) is 21.3. The molecule has 0 aliphatic carbocycles. The normalized spacial score (nSPS) is 12.0. The van der Waals surface area contributed by atoms with Crippen LogP contribution >= 0.6 is 0 Å². The second-order valence-corrected chi connectivity index (χ2v) is 6.41. The molecule has 8 nitrogen and oxygen atoms in total. The van der Waals surface area contributed by atoms with Crippen molar-refractivity contribution >= 4 is 21.8 Å². The summed E-state index contributed by atoms with van der Waals surface area (Å²) in [5, 5.41) is 10.9. The van der Waals surface area contributed by atoms with Crippen LogP contribution in [0.5, 0.6) is 5.75 Å². The van der Waals surface area contributed by atoms with Crippen LogP contribution in [0.2, 0.25) is 0 Å². The van der Waals surface area contributed by atoms with Gasteiger partial charge in [0.1, 0.15) is 4.90 Å². The Morgan fingerprint density at radius 2 is 2.00 bits per heavy atom. The second-order valence-electron chi connectivity index (χ2n) is 4.99. The molecule has 0 atom stereocenters. The zero-order valence-electron chi connectivity index (χ0n) is 11.7. The van der Waals surface area contributed by atoms with Gasteiger partial charge in [-0.15, -0.1) is 0 Å². The van der Waals surface area contributed by atoms with E-state index in [1.54, 1.807) is 20.8 Å². The maximum Gasteiger partial charge on any atom is 0.317 e. The zero-order chi connectivity index (χ0) is 16.4. The van der Waals surface area contributed by atoms with Crippen molar-refractivity contribution in [3.63, 3.8) is 0 Å². The fraction of sp³-hybridized carbons (Fsp3) is 0.417. The quantitative estimate of drug-likeness (QED) is 0.290. The number of hydrogen-bond donors (Lipinski definition) is 1. The maximum atomic E-state index is 11.9. The molecule has 0 aromatic heterocycles. The molecule has 0 amide bonds. The summed E-state index contributed by atoms with van der Waals surface area (Å²) >= 11 is 0. The van der Waals surface area contributed by atoms with Crippen LogP contribution in [0.4, 0.5) is 5.69 Å². The third-order valence-electron chi connectivity index (χ3n) is 3.06. The van der Waals surface area contributed by atoms with Crippen LogP contribution in [0.1, 0.15) is 27.2 Å². The lowest BCUT2D eigenvalue weighted by atomic mass is 9.91. The Morgan fingerprint density at radius 1 is 1.43 bits per heavy atom. The first kappa shape index (κ1) is 17.1. The summed E-state index contributed by atoms with van der Waals surface area (Å²) < 4.78 is 35.8. The molecule has 0 aliphatic heterocycles. The summed E-state index contributed by atoms with van der Waals surface area (Å²) in [6.07, 6.45) is 0.461. The van der Waals surface area contributed by atoms with Crippen molar-refractivity contribution in [3.8, 4) is 5.75 Å². The van der Waals surface area contributed by atoms with Gasteiger partial charge < -0.3 is 4.74 Å². The predicted molar refractivity (Wildman–Crippen MR) is 72.6 cm³/mol. The molecular weight excluding hydrogens is 302 g/mol. The van der Waals surface area contributed by atoms with Crippen molar-refractivity contribution in [1.29, 1.82) is 0 Å². The van der Waals surface area contributed by atoms with E-state index in [0.717, 1.165) is 12.1 Å². The average molecular weight is 317 g/mol. The first-order valence-electron chi connectivity index (χ1n) is 5.97. The topological polar surface area (TPSA) is 124 Å². The number of nitro groups is 1. The van der Waals surface area contributed by atoms with Crippen molar-refractivity contribution in [3.05, 3.63) is 28.3 Å². The van der Waals surface area contributed by atoms with Crippen molar-refractivity contribution in [2.75, 3.05) is 0 Å². The fourth-order valence-corrected chi connectivity index (χ4v) is 1.77. The maximum absolute atomic E-state index is 11.9. The van der Waals surface area contributed by atoms with Crippen LogP contribution in [0.3, 0.4) is 0 Å². The van der Waals surface area contributed by atoms with Gasteiger partial charge in [0.15, 0.2) is 0 Å². The summed E-state index contributed by atoms with van der Waals surface area (Å²) in [6, 6.07) is 2.52. The monoisotopic (exact) mass is 317 g/mol. The number of hydrogen-bond acceptors (Lipinski definition) is 6. The third kappa shape index (κ3) is 3.99. The Morgan fingerprint density at radius 3 is 2.43 bits per heavy atom. The molecule has 0 unspecified atom stereocenters. The number of ether oxygens (including phenoxy) is 1. The van der Waals surface area contributed by atoms with E-state index in [2.05, 4.69) is 0 Å². The van der Waals surface area contributed by atoms with Crippen LogP contribution in [0.25, 0.3) is 0 Å². The van der Waals surface area contributed by atoms with Crippen molar-refractivity contribution in [1.82, 2.24) is 0 Å². The molecule has 9 heteroatoms. The number of rotatable bonds is 5. The van der Waals surface area contributed by atoms with E-state index < -0.39 is 37.0 Å². The minimum Gasteiger partial charge on any atom is -0.419 e. The largest absolute Gasteiger partial charge is 0.419 e. The molecule has 116 valence electrons. The standard InChI is InChI=1S/C12H15NO7S/c1-4-12(2,3)11(14)20-10-6-5-8(21(17,18)19)7-9(10)13(15)16/h5-7H,4H2,1-3H3,(H,17,18,19). The van der Waals surface area contributed by atoms with Gasteiger partial charge in [0.05, 0.1) is 10.3 Å². The molecule has 1 aromatic carbocycles. The van der Waals surface area contributed by atoms with Gasteiger partial charge >= 0.3 is 11.7 Å². The number of nitrogens with zero attached hydrogens (tertiary/aromatic N) is 1. The van der Waals surface area contributed by atoms with E-state index in [1.807, 2.05) is 0 Å². The number of esters is 1. The van der Waals surface area contributed by atoms with Crippen LogP contribution in [0, 0.1) is 15.5 Å². The SMILES string of the molecule is CCC(C)(C)C(=O)Oc1ccc(S(=O)(=O)O)cc1[N+](=O)[O-]. The Labute approximate surface area is 121 Å². The highest BCUT2D eigenvalue weighted by Gasteiger charge is 2.30. The van der Waals surface area contributed by atoms with Crippen molar-refractivity contribution < 1.29 is 27.4 Å². The zero-order valence-corrected chi connectivity index (χ0v) is 12.5. The van der Waals surface area contributed by atoms with Gasteiger partial charge in [0.2, 0.25) is 5.75 Å². The molecule has 0 fully saturated rings. The highest BCUT2D eigenvalue weighted by Crippen LogP contribution is 2.32. The van der Waals surface area contributed by atoms with Gasteiger partial charge in [0, 0.05) is 6.07 Å². The Bertz CT molecular complexity index is 679. The van der Waals surface area contributed by atoms with Gasteiger partial charge in [-0.2, -0.15) is 8.42 Å². The fourth-order valence-electron chi connectivity index (χ4n) is 1.27. The number of nitro benzene ring substituents is 1. The molecular formula is C12H15NO7S. The number of carbonyl (C=O) groups excluding carboxylic acids is 1. The summed E-state index contributed by atoms with van der Waals surface area (Å²) in [6.45, 7) is 5.00. The molecule has 21 heavy (non-hydrogen) atoms. The van der Waals surface area contributed by atoms with Crippen LogP contribution in [-0.2, 0) is 14.9 Å². The molecule has 1 aromatic rings. The highest BCUT2D eigenvalue weighted by molar-refractivity contribution is 7.85. The second kappa shape index (κ2) is 5.78. The van der Waals surface area contributed by atoms with Crippen LogP contribution < -0.4 is 4.74 Å². The first-order valence-corrected chi connectivity index (χ1v) is 7.41. The third-order valence-corrected chi connectivity index (χ3v) is 3.91. The minimum atomic E-state index is -4.58. The van der Waals surface area contributed by atoms with Gasteiger partial charge in [0.25, 0.3) is 10.1 Å². The van der Waals surface area contributed by atoms with Gasteiger partial charge in [-0.3, -0.25) is 19.5 Å². The van der Waals surface area contributed by atoms with E-state index >= 15 is 0 Å². The highest BCUT2D eigenvalue weighted by atomic mass is 32.2. The van der Waals surface area contributed by atoms with Gasteiger partial charge in [-0.05, 0) is 32.4 Å². The lowest BCUT2D eigenvalue weighted by molar-refractivity contribution is -0.385. The molecule has 0 spiro atoms. The summed E-state index contributed by atoms with van der Waals surface area (Å²) in [5.41, 5.74) is -1.55. The smallest absolute Gasteiger partial charge is 0.317 e. The first-order chi connectivity index (χ1) is 9.49. The van der Waals surface area contributed by atoms with Crippen LogP contribution in [-0.4, -0.2) is 23.9 Å². The molecule has 0 aliphatic rings. The molecule has 0 saturated heterocycles. The van der Waals surface area contributed by atoms with E-state index in [1.165, 1.54) is 0 Å². The van der Waals surface area contributed by atoms with E-state index in [9.17, 15) is 23.3 Å². The Hall–Kier alpha value is -2.00.